The molecule has 1 N–H and O–H groups in total. The summed E-state index contributed by atoms with van der Waals surface area (Å²) in [4.78, 5) is 0. The Labute approximate surface area is 127 Å². The minimum atomic E-state index is 0.0307. The predicted octanol–water partition coefficient (Wildman–Crippen LogP) is 4.63. The Hall–Kier alpha value is -0.0800. The molecule has 0 spiro atoms. The van der Waals surface area contributed by atoms with Gasteiger partial charge in [-0.25, -0.2) is 0 Å². The highest BCUT2D eigenvalue weighted by Gasteiger charge is 2.35. The van der Waals surface area contributed by atoms with Crippen LogP contribution in [0.1, 0.15) is 73.1 Å². The summed E-state index contributed by atoms with van der Waals surface area (Å²) in [5, 5.41) is 3.64. The number of ether oxygens (including phenoxy) is 1. The van der Waals surface area contributed by atoms with Gasteiger partial charge < -0.3 is 10.1 Å². The summed E-state index contributed by atoms with van der Waals surface area (Å²) in [6, 6.07) is 0. The van der Waals surface area contributed by atoms with Crippen LogP contribution in [0.5, 0.6) is 0 Å². The summed E-state index contributed by atoms with van der Waals surface area (Å²) in [7, 11) is 1.84. The molecule has 2 heteroatoms. The van der Waals surface area contributed by atoms with Crippen LogP contribution in [0.15, 0.2) is 0 Å². The first-order valence-electron chi connectivity index (χ1n) is 8.55. The minimum absolute atomic E-state index is 0.0307. The molecule has 120 valence electrons. The Morgan fingerprint density at radius 1 is 1.25 bits per heavy atom. The van der Waals surface area contributed by atoms with E-state index in [0.29, 0.717) is 5.41 Å². The molecule has 0 aromatic rings. The van der Waals surface area contributed by atoms with E-state index in [0.717, 1.165) is 18.4 Å². The van der Waals surface area contributed by atoms with Crippen LogP contribution < -0.4 is 5.32 Å². The second-order valence-corrected chi connectivity index (χ2v) is 8.13. The lowest BCUT2D eigenvalue weighted by molar-refractivity contribution is 0.00129. The Bertz CT molecular complexity index is 273. The Morgan fingerprint density at radius 3 is 2.55 bits per heavy atom. The zero-order chi connectivity index (χ0) is 15.2. The van der Waals surface area contributed by atoms with E-state index in [1.807, 2.05) is 7.11 Å². The van der Waals surface area contributed by atoms with Crippen LogP contribution in [0, 0.1) is 17.3 Å². The first-order valence-corrected chi connectivity index (χ1v) is 8.55. The molecule has 2 unspecified atom stereocenters. The zero-order valence-corrected chi connectivity index (χ0v) is 14.7. The molecule has 1 fully saturated rings. The standard InChI is InChI=1S/C18H37NO/c1-7-12-19-14-16-8-10-17(2,3)13-15(16)9-11-18(4,5)20-6/h15-16,19H,7-14H2,1-6H3. The molecular formula is C18H37NO. The molecule has 0 aromatic heterocycles. The Kier molecular flexibility index (Phi) is 7.00. The highest BCUT2D eigenvalue weighted by molar-refractivity contribution is 4.87. The predicted molar refractivity (Wildman–Crippen MR) is 88.1 cm³/mol. The average molecular weight is 284 g/mol. The van der Waals surface area contributed by atoms with Crippen molar-refractivity contribution < 1.29 is 4.74 Å². The first kappa shape index (κ1) is 18.0. The summed E-state index contributed by atoms with van der Waals surface area (Å²) in [6.45, 7) is 13.9. The van der Waals surface area contributed by atoms with Crippen molar-refractivity contribution in [3.05, 3.63) is 0 Å². The molecule has 1 aliphatic rings. The summed E-state index contributed by atoms with van der Waals surface area (Å²) in [5.41, 5.74) is 0.562. The monoisotopic (exact) mass is 283 g/mol. The fourth-order valence-electron chi connectivity index (χ4n) is 3.50. The molecule has 0 heterocycles. The van der Waals surface area contributed by atoms with E-state index in [4.69, 9.17) is 4.74 Å². The lowest BCUT2D eigenvalue weighted by Gasteiger charge is -2.42. The second-order valence-electron chi connectivity index (χ2n) is 8.13. The van der Waals surface area contributed by atoms with Gasteiger partial charge in [-0.1, -0.05) is 20.8 Å². The summed E-state index contributed by atoms with van der Waals surface area (Å²) < 4.78 is 5.60. The molecule has 1 saturated carbocycles. The largest absolute Gasteiger partial charge is 0.379 e. The highest BCUT2D eigenvalue weighted by Crippen LogP contribution is 2.44. The van der Waals surface area contributed by atoms with Crippen molar-refractivity contribution in [1.29, 1.82) is 0 Å². The zero-order valence-electron chi connectivity index (χ0n) is 14.7. The second kappa shape index (κ2) is 7.79. The molecule has 0 bridgehead atoms. The van der Waals surface area contributed by atoms with Gasteiger partial charge in [0, 0.05) is 7.11 Å². The van der Waals surface area contributed by atoms with E-state index in [1.165, 1.54) is 45.1 Å². The van der Waals surface area contributed by atoms with Crippen molar-refractivity contribution in [1.82, 2.24) is 5.32 Å². The van der Waals surface area contributed by atoms with Crippen molar-refractivity contribution in [2.24, 2.45) is 17.3 Å². The summed E-state index contributed by atoms with van der Waals surface area (Å²) in [5.74, 6) is 1.72. The molecule has 1 aliphatic carbocycles. The number of hydrogen-bond acceptors (Lipinski definition) is 2. The summed E-state index contributed by atoms with van der Waals surface area (Å²) in [6.07, 6.45) is 7.87. The minimum Gasteiger partial charge on any atom is -0.379 e. The lowest BCUT2D eigenvalue weighted by Crippen LogP contribution is -2.37. The number of rotatable bonds is 8. The van der Waals surface area contributed by atoms with Crippen LogP contribution in [-0.4, -0.2) is 25.8 Å². The maximum Gasteiger partial charge on any atom is 0.0622 e. The van der Waals surface area contributed by atoms with Gasteiger partial charge in [0.1, 0.15) is 0 Å². The van der Waals surface area contributed by atoms with Gasteiger partial charge in [-0.2, -0.15) is 0 Å². The van der Waals surface area contributed by atoms with Crippen LogP contribution in [0.3, 0.4) is 0 Å². The molecule has 0 aliphatic heterocycles. The number of hydrogen-bond donors (Lipinski definition) is 1. The smallest absolute Gasteiger partial charge is 0.0622 e. The summed E-state index contributed by atoms with van der Waals surface area (Å²) >= 11 is 0. The molecule has 1 rings (SSSR count). The number of methoxy groups -OCH3 is 1. The fraction of sp³-hybridized carbons (Fsp3) is 1.00. The van der Waals surface area contributed by atoms with Gasteiger partial charge in [0.15, 0.2) is 0 Å². The van der Waals surface area contributed by atoms with Gasteiger partial charge in [-0.3, -0.25) is 0 Å². The van der Waals surface area contributed by atoms with Crippen LogP contribution in [0.25, 0.3) is 0 Å². The van der Waals surface area contributed by atoms with Crippen LogP contribution in [0.4, 0.5) is 0 Å². The average Bonchev–Trinajstić information content (AvgIpc) is 2.38. The van der Waals surface area contributed by atoms with E-state index < -0.39 is 0 Å². The van der Waals surface area contributed by atoms with Crippen molar-refractivity contribution >= 4 is 0 Å². The molecule has 0 saturated heterocycles. The van der Waals surface area contributed by atoms with Gasteiger partial charge in [-0.05, 0) is 82.7 Å². The van der Waals surface area contributed by atoms with E-state index >= 15 is 0 Å². The lowest BCUT2D eigenvalue weighted by atomic mass is 9.65. The first-order chi connectivity index (χ1) is 9.29. The van der Waals surface area contributed by atoms with Crippen molar-refractivity contribution in [2.75, 3.05) is 20.2 Å². The van der Waals surface area contributed by atoms with E-state index in [-0.39, 0.29) is 5.60 Å². The Balaban J connectivity index is 2.53. The molecular weight excluding hydrogens is 246 g/mol. The molecule has 0 amide bonds. The molecule has 0 aromatic carbocycles. The molecule has 2 atom stereocenters. The molecule has 20 heavy (non-hydrogen) atoms. The normalized spacial score (nSPS) is 26.7. The van der Waals surface area contributed by atoms with Gasteiger partial charge in [0.2, 0.25) is 0 Å². The van der Waals surface area contributed by atoms with Crippen LogP contribution in [-0.2, 0) is 4.74 Å². The van der Waals surface area contributed by atoms with E-state index in [2.05, 4.69) is 39.9 Å². The molecule has 2 nitrogen and oxygen atoms in total. The highest BCUT2D eigenvalue weighted by atomic mass is 16.5. The Morgan fingerprint density at radius 2 is 1.95 bits per heavy atom. The van der Waals surface area contributed by atoms with Gasteiger partial charge in [0.05, 0.1) is 5.60 Å². The molecule has 0 radical (unpaired) electrons. The van der Waals surface area contributed by atoms with Gasteiger partial charge in [-0.15, -0.1) is 0 Å². The third-order valence-electron chi connectivity index (χ3n) is 5.18. The topological polar surface area (TPSA) is 21.3 Å². The van der Waals surface area contributed by atoms with Crippen LogP contribution >= 0.6 is 0 Å². The quantitative estimate of drug-likeness (QED) is 0.656. The van der Waals surface area contributed by atoms with E-state index in [9.17, 15) is 0 Å². The maximum absolute atomic E-state index is 5.60. The van der Waals surface area contributed by atoms with Crippen molar-refractivity contribution in [3.8, 4) is 0 Å². The van der Waals surface area contributed by atoms with E-state index in [1.54, 1.807) is 0 Å². The fourth-order valence-corrected chi connectivity index (χ4v) is 3.50. The van der Waals surface area contributed by atoms with Gasteiger partial charge in [0.25, 0.3) is 0 Å². The number of nitrogens with one attached hydrogen (secondary N) is 1. The SMILES string of the molecule is CCCNCC1CCC(C)(C)CC1CCC(C)(C)OC. The van der Waals surface area contributed by atoms with Gasteiger partial charge >= 0.3 is 0 Å². The van der Waals surface area contributed by atoms with Crippen LogP contribution in [0.2, 0.25) is 0 Å². The maximum atomic E-state index is 5.60. The van der Waals surface area contributed by atoms with Crippen molar-refractivity contribution in [2.45, 2.75) is 78.7 Å². The third-order valence-corrected chi connectivity index (χ3v) is 5.18. The van der Waals surface area contributed by atoms with Crippen molar-refractivity contribution in [3.63, 3.8) is 0 Å². The third kappa shape index (κ3) is 6.13.